The van der Waals surface area contributed by atoms with Gasteiger partial charge in [-0.25, -0.2) is 0 Å². The fourth-order valence-corrected chi connectivity index (χ4v) is 3.15. The SMILES string of the molecule is CCCC1CCN(CCCOc2cccc(CN)c2)CC1. The van der Waals surface area contributed by atoms with Gasteiger partial charge in [0.2, 0.25) is 0 Å². The van der Waals surface area contributed by atoms with Crippen molar-refractivity contribution in [3.05, 3.63) is 29.8 Å². The summed E-state index contributed by atoms with van der Waals surface area (Å²) in [7, 11) is 0. The van der Waals surface area contributed by atoms with Gasteiger partial charge in [0, 0.05) is 13.1 Å². The summed E-state index contributed by atoms with van der Waals surface area (Å²) in [4.78, 5) is 2.59. The van der Waals surface area contributed by atoms with E-state index in [1.165, 1.54) is 38.8 Å². The number of benzene rings is 1. The van der Waals surface area contributed by atoms with Gasteiger partial charge in [-0.3, -0.25) is 0 Å². The summed E-state index contributed by atoms with van der Waals surface area (Å²) < 4.78 is 5.82. The molecule has 1 fully saturated rings. The average Bonchev–Trinajstić information content (AvgIpc) is 2.53. The Morgan fingerprint density at radius 2 is 2.10 bits per heavy atom. The third kappa shape index (κ3) is 5.68. The third-order valence-electron chi connectivity index (χ3n) is 4.43. The molecule has 2 N–H and O–H groups in total. The Bertz CT molecular complexity index is 400. The minimum Gasteiger partial charge on any atom is -0.494 e. The van der Waals surface area contributed by atoms with Gasteiger partial charge in [0.1, 0.15) is 5.75 Å². The predicted octanol–water partition coefficient (Wildman–Crippen LogP) is 3.43. The quantitative estimate of drug-likeness (QED) is 0.746. The molecule has 21 heavy (non-hydrogen) atoms. The van der Waals surface area contributed by atoms with Crippen LogP contribution >= 0.6 is 0 Å². The molecule has 1 saturated heterocycles. The summed E-state index contributed by atoms with van der Waals surface area (Å²) in [5, 5.41) is 0. The molecule has 0 unspecified atom stereocenters. The van der Waals surface area contributed by atoms with Gasteiger partial charge in [0.05, 0.1) is 6.61 Å². The Morgan fingerprint density at radius 1 is 1.29 bits per heavy atom. The van der Waals surface area contributed by atoms with E-state index in [0.29, 0.717) is 6.54 Å². The molecule has 1 heterocycles. The first-order valence-electron chi connectivity index (χ1n) is 8.46. The number of ether oxygens (including phenoxy) is 1. The lowest BCUT2D eigenvalue weighted by Gasteiger charge is -2.31. The van der Waals surface area contributed by atoms with Gasteiger partial charge in [-0.15, -0.1) is 0 Å². The Morgan fingerprint density at radius 3 is 2.81 bits per heavy atom. The standard InChI is InChI=1S/C18H30N2O/c1-2-5-16-8-11-20(12-9-16)10-4-13-21-18-7-3-6-17(14-18)15-19/h3,6-7,14,16H,2,4-5,8-13,15,19H2,1H3. The Labute approximate surface area is 129 Å². The van der Waals surface area contributed by atoms with Crippen LogP contribution in [0.15, 0.2) is 24.3 Å². The van der Waals surface area contributed by atoms with Crippen LogP contribution < -0.4 is 10.5 Å². The van der Waals surface area contributed by atoms with Crippen LogP contribution in [0.4, 0.5) is 0 Å². The van der Waals surface area contributed by atoms with Crippen LogP contribution in [-0.2, 0) is 6.54 Å². The summed E-state index contributed by atoms with van der Waals surface area (Å²) in [6.45, 7) is 7.37. The molecule has 3 heteroatoms. The maximum atomic E-state index is 5.82. The van der Waals surface area contributed by atoms with Crippen molar-refractivity contribution < 1.29 is 4.74 Å². The third-order valence-corrected chi connectivity index (χ3v) is 4.43. The molecule has 0 atom stereocenters. The van der Waals surface area contributed by atoms with Crippen molar-refractivity contribution in [1.82, 2.24) is 4.90 Å². The summed E-state index contributed by atoms with van der Waals surface area (Å²) in [6, 6.07) is 8.09. The zero-order chi connectivity index (χ0) is 14.9. The highest BCUT2D eigenvalue weighted by Crippen LogP contribution is 2.21. The lowest BCUT2D eigenvalue weighted by molar-refractivity contribution is 0.166. The van der Waals surface area contributed by atoms with E-state index in [1.54, 1.807) is 0 Å². The summed E-state index contributed by atoms with van der Waals surface area (Å²) in [6.07, 6.45) is 6.61. The van der Waals surface area contributed by atoms with Gasteiger partial charge in [-0.05, 0) is 56.0 Å². The molecule has 0 amide bonds. The Kier molecular flexibility index (Phi) is 7.04. The van der Waals surface area contributed by atoms with Crippen molar-refractivity contribution in [2.45, 2.75) is 45.6 Å². The lowest BCUT2D eigenvalue weighted by Crippen LogP contribution is -2.34. The number of rotatable bonds is 8. The minimum atomic E-state index is 0.573. The smallest absolute Gasteiger partial charge is 0.119 e. The first-order chi connectivity index (χ1) is 10.3. The largest absolute Gasteiger partial charge is 0.494 e. The van der Waals surface area contributed by atoms with Crippen molar-refractivity contribution in [2.24, 2.45) is 11.7 Å². The molecule has 1 aromatic carbocycles. The predicted molar refractivity (Wildman–Crippen MR) is 88.5 cm³/mol. The molecule has 2 rings (SSSR count). The van der Waals surface area contributed by atoms with E-state index in [0.717, 1.165) is 36.8 Å². The van der Waals surface area contributed by atoms with Crippen LogP contribution in [0.5, 0.6) is 5.75 Å². The molecule has 0 bridgehead atoms. The first kappa shape index (κ1) is 16.3. The van der Waals surface area contributed by atoms with E-state index in [1.807, 2.05) is 24.3 Å². The zero-order valence-corrected chi connectivity index (χ0v) is 13.4. The second kappa shape index (κ2) is 9.06. The molecule has 0 radical (unpaired) electrons. The van der Waals surface area contributed by atoms with Crippen LogP contribution in [-0.4, -0.2) is 31.1 Å². The number of likely N-dealkylation sites (tertiary alicyclic amines) is 1. The normalized spacial score (nSPS) is 17.0. The Hall–Kier alpha value is -1.06. The van der Waals surface area contributed by atoms with E-state index in [4.69, 9.17) is 10.5 Å². The van der Waals surface area contributed by atoms with Crippen LogP contribution in [0.3, 0.4) is 0 Å². The summed E-state index contributed by atoms with van der Waals surface area (Å²) in [5.74, 6) is 1.92. The van der Waals surface area contributed by atoms with Gasteiger partial charge in [0.25, 0.3) is 0 Å². The maximum Gasteiger partial charge on any atom is 0.119 e. The second-order valence-electron chi connectivity index (χ2n) is 6.13. The van der Waals surface area contributed by atoms with Gasteiger partial charge >= 0.3 is 0 Å². The molecule has 1 aliphatic rings. The molecule has 1 aliphatic heterocycles. The van der Waals surface area contributed by atoms with Crippen LogP contribution in [0.25, 0.3) is 0 Å². The van der Waals surface area contributed by atoms with Gasteiger partial charge in [0.15, 0.2) is 0 Å². The summed E-state index contributed by atoms with van der Waals surface area (Å²) >= 11 is 0. The topological polar surface area (TPSA) is 38.5 Å². The maximum absolute atomic E-state index is 5.82. The number of nitrogens with zero attached hydrogens (tertiary/aromatic N) is 1. The van der Waals surface area contributed by atoms with Crippen LogP contribution in [0.1, 0.15) is 44.6 Å². The molecular formula is C18H30N2O. The van der Waals surface area contributed by atoms with E-state index in [2.05, 4.69) is 11.8 Å². The van der Waals surface area contributed by atoms with Crippen LogP contribution in [0, 0.1) is 5.92 Å². The highest BCUT2D eigenvalue weighted by Gasteiger charge is 2.17. The number of piperidine rings is 1. The fraction of sp³-hybridized carbons (Fsp3) is 0.667. The number of hydrogen-bond donors (Lipinski definition) is 1. The van der Waals surface area contributed by atoms with Crippen molar-refractivity contribution in [3.63, 3.8) is 0 Å². The number of hydrogen-bond acceptors (Lipinski definition) is 3. The fourth-order valence-electron chi connectivity index (χ4n) is 3.15. The van der Waals surface area contributed by atoms with Crippen LogP contribution in [0.2, 0.25) is 0 Å². The van der Waals surface area contributed by atoms with Crippen molar-refractivity contribution in [3.8, 4) is 5.75 Å². The molecule has 0 spiro atoms. The molecular weight excluding hydrogens is 260 g/mol. The van der Waals surface area contributed by atoms with E-state index in [-0.39, 0.29) is 0 Å². The molecule has 1 aromatic rings. The summed E-state index contributed by atoms with van der Waals surface area (Å²) in [5.41, 5.74) is 6.77. The van der Waals surface area contributed by atoms with Gasteiger partial charge in [-0.2, -0.15) is 0 Å². The van der Waals surface area contributed by atoms with Crippen molar-refractivity contribution in [1.29, 1.82) is 0 Å². The van der Waals surface area contributed by atoms with Crippen molar-refractivity contribution in [2.75, 3.05) is 26.2 Å². The molecule has 118 valence electrons. The van der Waals surface area contributed by atoms with Crippen molar-refractivity contribution >= 4 is 0 Å². The van der Waals surface area contributed by atoms with E-state index in [9.17, 15) is 0 Å². The molecule has 3 nitrogen and oxygen atoms in total. The lowest BCUT2D eigenvalue weighted by atomic mass is 9.92. The highest BCUT2D eigenvalue weighted by atomic mass is 16.5. The molecule has 0 saturated carbocycles. The average molecular weight is 290 g/mol. The monoisotopic (exact) mass is 290 g/mol. The Balaban J connectivity index is 1.60. The zero-order valence-electron chi connectivity index (χ0n) is 13.4. The molecule has 0 aliphatic carbocycles. The highest BCUT2D eigenvalue weighted by molar-refractivity contribution is 5.28. The minimum absolute atomic E-state index is 0.573. The van der Waals surface area contributed by atoms with Gasteiger partial charge in [-0.1, -0.05) is 31.9 Å². The molecule has 0 aromatic heterocycles. The second-order valence-corrected chi connectivity index (χ2v) is 6.13. The number of nitrogens with two attached hydrogens (primary N) is 1. The van der Waals surface area contributed by atoms with E-state index < -0.39 is 0 Å². The van der Waals surface area contributed by atoms with E-state index >= 15 is 0 Å². The van der Waals surface area contributed by atoms with Gasteiger partial charge < -0.3 is 15.4 Å². The first-order valence-corrected chi connectivity index (χ1v) is 8.46.